The Morgan fingerprint density at radius 1 is 1.08 bits per heavy atom. The van der Waals surface area contributed by atoms with E-state index < -0.39 is 0 Å². The molecule has 4 heteroatoms. The summed E-state index contributed by atoms with van der Waals surface area (Å²) < 4.78 is 1.91. The molecule has 0 amide bonds. The highest BCUT2D eigenvalue weighted by atomic mass is 35.5. The second-order valence-electron chi connectivity index (χ2n) is 2.30. The molecule has 0 radical (unpaired) electrons. The van der Waals surface area contributed by atoms with Crippen LogP contribution in [-0.2, 0) is 0 Å². The molecule has 2 aromatic rings. The van der Waals surface area contributed by atoms with Crippen LogP contribution in [0.1, 0.15) is 0 Å². The third kappa shape index (κ3) is 1.31. The van der Waals surface area contributed by atoms with E-state index in [0.29, 0.717) is 0 Å². The Hall–Kier alpha value is -1.35. The van der Waals surface area contributed by atoms with Crippen LogP contribution in [0.25, 0.3) is 5.69 Å². The number of hydrogen-bond donors (Lipinski definition) is 0. The van der Waals surface area contributed by atoms with Gasteiger partial charge in [-0.25, -0.2) is 9.97 Å². The van der Waals surface area contributed by atoms with Crippen LogP contribution in [-0.4, -0.2) is 14.5 Å². The second-order valence-corrected chi connectivity index (χ2v) is 2.64. The van der Waals surface area contributed by atoms with Gasteiger partial charge in [0.2, 0.25) is 5.28 Å². The minimum absolute atomic E-state index is 0.269. The topological polar surface area (TPSA) is 30.7 Å². The third-order valence-electron chi connectivity index (χ3n) is 1.51. The lowest BCUT2D eigenvalue weighted by molar-refractivity contribution is 1.02. The molecule has 60 valence electrons. The molecule has 0 N–H and O–H groups in total. The van der Waals surface area contributed by atoms with Crippen LogP contribution in [0.15, 0.2) is 36.9 Å². The van der Waals surface area contributed by atoms with Crippen molar-refractivity contribution in [1.29, 1.82) is 0 Å². The summed E-state index contributed by atoms with van der Waals surface area (Å²) in [6.45, 7) is 0. The average molecular weight is 180 g/mol. The quantitative estimate of drug-likeness (QED) is 0.627. The van der Waals surface area contributed by atoms with Gasteiger partial charge in [-0.05, 0) is 23.7 Å². The SMILES string of the molecule is Clc1ncc(-n2cccc2)cn1. The van der Waals surface area contributed by atoms with Crippen LogP contribution in [0.5, 0.6) is 0 Å². The van der Waals surface area contributed by atoms with E-state index in [1.165, 1.54) is 0 Å². The smallest absolute Gasteiger partial charge is 0.222 e. The van der Waals surface area contributed by atoms with E-state index in [4.69, 9.17) is 11.6 Å². The van der Waals surface area contributed by atoms with Gasteiger partial charge in [-0.3, -0.25) is 0 Å². The van der Waals surface area contributed by atoms with Crippen molar-refractivity contribution < 1.29 is 0 Å². The third-order valence-corrected chi connectivity index (χ3v) is 1.70. The Morgan fingerprint density at radius 2 is 1.67 bits per heavy atom. The van der Waals surface area contributed by atoms with E-state index in [1.54, 1.807) is 12.4 Å². The van der Waals surface area contributed by atoms with Crippen LogP contribution in [0.4, 0.5) is 0 Å². The van der Waals surface area contributed by atoms with Crippen LogP contribution in [0.3, 0.4) is 0 Å². The average Bonchev–Trinajstić information content (AvgIpc) is 2.58. The van der Waals surface area contributed by atoms with Crippen molar-refractivity contribution in [3.63, 3.8) is 0 Å². The minimum atomic E-state index is 0.269. The summed E-state index contributed by atoms with van der Waals surface area (Å²) in [6, 6.07) is 3.88. The Labute approximate surface area is 74.7 Å². The molecule has 0 aliphatic heterocycles. The van der Waals surface area contributed by atoms with Crippen molar-refractivity contribution >= 4 is 11.6 Å². The summed E-state index contributed by atoms with van der Waals surface area (Å²) in [7, 11) is 0. The van der Waals surface area contributed by atoms with Gasteiger partial charge in [0, 0.05) is 12.4 Å². The fourth-order valence-electron chi connectivity index (χ4n) is 0.945. The Morgan fingerprint density at radius 3 is 2.25 bits per heavy atom. The largest absolute Gasteiger partial charge is 0.321 e. The second kappa shape index (κ2) is 2.95. The highest BCUT2D eigenvalue weighted by Gasteiger charge is 1.94. The zero-order valence-electron chi connectivity index (χ0n) is 6.18. The Kier molecular flexibility index (Phi) is 1.80. The van der Waals surface area contributed by atoms with Gasteiger partial charge in [-0.1, -0.05) is 0 Å². The molecule has 0 unspecified atom stereocenters. The zero-order chi connectivity index (χ0) is 8.39. The number of halogens is 1. The molecule has 0 saturated heterocycles. The van der Waals surface area contributed by atoms with Gasteiger partial charge in [-0.2, -0.15) is 0 Å². The van der Waals surface area contributed by atoms with Gasteiger partial charge in [0.1, 0.15) is 0 Å². The van der Waals surface area contributed by atoms with E-state index >= 15 is 0 Å². The van der Waals surface area contributed by atoms with Crippen LogP contribution in [0.2, 0.25) is 5.28 Å². The predicted octanol–water partition coefficient (Wildman–Crippen LogP) is 1.92. The molecule has 0 aromatic carbocycles. The predicted molar refractivity (Wildman–Crippen MR) is 46.4 cm³/mol. The van der Waals surface area contributed by atoms with E-state index in [1.807, 2.05) is 29.1 Å². The van der Waals surface area contributed by atoms with E-state index in [0.717, 1.165) is 5.69 Å². The van der Waals surface area contributed by atoms with Gasteiger partial charge in [0.25, 0.3) is 0 Å². The molecule has 2 rings (SSSR count). The van der Waals surface area contributed by atoms with Gasteiger partial charge >= 0.3 is 0 Å². The van der Waals surface area contributed by atoms with E-state index in [-0.39, 0.29) is 5.28 Å². The molecule has 2 heterocycles. The first-order valence-electron chi connectivity index (χ1n) is 3.47. The van der Waals surface area contributed by atoms with Gasteiger partial charge < -0.3 is 4.57 Å². The lowest BCUT2D eigenvalue weighted by atomic mass is 10.5. The summed E-state index contributed by atoms with van der Waals surface area (Å²) in [5, 5.41) is 0.269. The lowest BCUT2D eigenvalue weighted by Gasteiger charge is -1.99. The maximum atomic E-state index is 5.54. The van der Waals surface area contributed by atoms with Crippen molar-refractivity contribution in [2.75, 3.05) is 0 Å². The maximum absolute atomic E-state index is 5.54. The van der Waals surface area contributed by atoms with Crippen LogP contribution >= 0.6 is 11.6 Å². The van der Waals surface area contributed by atoms with Gasteiger partial charge in [0.15, 0.2) is 0 Å². The first-order valence-corrected chi connectivity index (χ1v) is 3.85. The number of rotatable bonds is 1. The Bertz CT molecular complexity index is 352. The molecular formula is C8H6ClN3. The van der Waals surface area contributed by atoms with Crippen molar-refractivity contribution in [2.45, 2.75) is 0 Å². The molecule has 0 bridgehead atoms. The summed E-state index contributed by atoms with van der Waals surface area (Å²) in [6.07, 6.45) is 7.20. The summed E-state index contributed by atoms with van der Waals surface area (Å²) >= 11 is 5.54. The normalized spacial score (nSPS) is 10.1. The molecule has 2 aromatic heterocycles. The number of aromatic nitrogens is 3. The molecule has 0 saturated carbocycles. The summed E-state index contributed by atoms with van der Waals surface area (Å²) in [5.74, 6) is 0. The molecule has 3 nitrogen and oxygen atoms in total. The fourth-order valence-corrected chi connectivity index (χ4v) is 1.04. The van der Waals surface area contributed by atoms with Crippen molar-refractivity contribution in [3.8, 4) is 5.69 Å². The van der Waals surface area contributed by atoms with Crippen LogP contribution < -0.4 is 0 Å². The van der Waals surface area contributed by atoms with Gasteiger partial charge in [0.05, 0.1) is 18.1 Å². The first kappa shape index (κ1) is 7.31. The molecule has 0 aliphatic carbocycles. The van der Waals surface area contributed by atoms with Crippen molar-refractivity contribution in [1.82, 2.24) is 14.5 Å². The molecular weight excluding hydrogens is 174 g/mol. The van der Waals surface area contributed by atoms with Crippen LogP contribution in [0, 0.1) is 0 Å². The van der Waals surface area contributed by atoms with E-state index in [9.17, 15) is 0 Å². The molecule has 12 heavy (non-hydrogen) atoms. The zero-order valence-corrected chi connectivity index (χ0v) is 6.94. The van der Waals surface area contributed by atoms with Gasteiger partial charge in [-0.15, -0.1) is 0 Å². The highest BCUT2D eigenvalue weighted by molar-refractivity contribution is 6.28. The van der Waals surface area contributed by atoms with Crippen molar-refractivity contribution in [3.05, 3.63) is 42.2 Å². The fraction of sp³-hybridized carbons (Fsp3) is 0. The monoisotopic (exact) mass is 179 g/mol. The van der Waals surface area contributed by atoms with E-state index in [2.05, 4.69) is 9.97 Å². The maximum Gasteiger partial charge on any atom is 0.222 e. The lowest BCUT2D eigenvalue weighted by Crippen LogP contribution is -1.92. The number of hydrogen-bond acceptors (Lipinski definition) is 2. The first-order chi connectivity index (χ1) is 5.86. The Balaban J connectivity index is 2.43. The molecule has 0 atom stereocenters. The minimum Gasteiger partial charge on any atom is -0.321 e. The standard InChI is InChI=1S/C8H6ClN3/c9-8-10-5-7(6-11-8)12-3-1-2-4-12/h1-6H. The summed E-state index contributed by atoms with van der Waals surface area (Å²) in [4.78, 5) is 7.74. The molecule has 0 spiro atoms. The molecule has 0 aliphatic rings. The molecule has 0 fully saturated rings. The van der Waals surface area contributed by atoms with Crippen molar-refractivity contribution in [2.24, 2.45) is 0 Å². The summed E-state index contributed by atoms with van der Waals surface area (Å²) in [5.41, 5.74) is 0.907. The highest BCUT2D eigenvalue weighted by Crippen LogP contribution is 2.06. The number of nitrogens with zero attached hydrogens (tertiary/aromatic N) is 3.